The first-order valence-corrected chi connectivity index (χ1v) is 14.0. The van der Waals surface area contributed by atoms with Crippen molar-refractivity contribution in [2.75, 3.05) is 22.1 Å². The summed E-state index contributed by atoms with van der Waals surface area (Å²) >= 11 is 0. The summed E-state index contributed by atoms with van der Waals surface area (Å²) < 4.78 is 41.1. The number of nitrogens with zero attached hydrogens (tertiary/aromatic N) is 3. The number of anilines is 3. The highest BCUT2D eigenvalue weighted by atomic mass is 19.4. The molecule has 0 saturated carbocycles. The molecule has 0 saturated heterocycles. The van der Waals surface area contributed by atoms with Gasteiger partial charge in [0.05, 0.1) is 5.56 Å². The van der Waals surface area contributed by atoms with Crippen LogP contribution in [-0.2, 0) is 12.6 Å². The van der Waals surface area contributed by atoms with E-state index < -0.39 is 17.6 Å². The number of pyridine rings is 1. The summed E-state index contributed by atoms with van der Waals surface area (Å²) in [7, 11) is 0. The third-order valence-corrected chi connectivity index (χ3v) is 7.64. The molecule has 3 aromatic carbocycles. The number of carbonyl (C=O) groups is 2. The van der Waals surface area contributed by atoms with Crippen molar-refractivity contribution >= 4 is 29.1 Å². The van der Waals surface area contributed by atoms with E-state index in [1.54, 1.807) is 47.4 Å². The van der Waals surface area contributed by atoms with Gasteiger partial charge in [-0.1, -0.05) is 36.4 Å². The van der Waals surface area contributed by atoms with Crippen LogP contribution in [0.5, 0.6) is 0 Å². The molecule has 0 atom stereocenters. The van der Waals surface area contributed by atoms with Gasteiger partial charge >= 0.3 is 12.2 Å². The number of nitrogens with one attached hydrogen (secondary N) is 2. The van der Waals surface area contributed by atoms with E-state index in [0.29, 0.717) is 47.0 Å². The van der Waals surface area contributed by atoms with Gasteiger partial charge in [-0.2, -0.15) is 13.2 Å². The van der Waals surface area contributed by atoms with E-state index in [2.05, 4.69) is 15.6 Å². The minimum atomic E-state index is -4.44. The van der Waals surface area contributed by atoms with Crippen molar-refractivity contribution in [2.24, 2.45) is 0 Å². The number of halogens is 3. The Kier molecular flexibility index (Phi) is 7.42. The Morgan fingerprint density at radius 3 is 2.27 bits per heavy atom. The second kappa shape index (κ2) is 11.4. The average molecular weight is 596 g/mol. The zero-order chi connectivity index (χ0) is 31.0. The number of aryl methyl sites for hydroxylation is 2. The SMILES string of the molecule is Cc1ccc(C)n1-c1cccc(NC(=O)N2CCc3cc(NC(=O)c4ccccc4-c4ccc(C(F)(F)F)cc4)ccc32)n1. The molecule has 0 unspecified atom stereocenters. The highest BCUT2D eigenvalue weighted by molar-refractivity contribution is 6.09. The molecule has 7 nitrogen and oxygen atoms in total. The zero-order valence-corrected chi connectivity index (χ0v) is 23.9. The predicted molar refractivity (Wildman–Crippen MR) is 164 cm³/mol. The molecule has 0 spiro atoms. The maximum absolute atomic E-state index is 13.3. The number of benzene rings is 3. The molecule has 2 aromatic heterocycles. The Hall–Kier alpha value is -5.38. The fraction of sp³-hybridized carbons (Fsp3) is 0.147. The number of aromatic nitrogens is 2. The molecule has 1 aliphatic heterocycles. The topological polar surface area (TPSA) is 79.3 Å². The van der Waals surface area contributed by atoms with Crippen LogP contribution in [0, 0.1) is 13.8 Å². The second-order valence-corrected chi connectivity index (χ2v) is 10.6. The van der Waals surface area contributed by atoms with Crippen molar-refractivity contribution in [3.63, 3.8) is 0 Å². The number of hydrogen-bond donors (Lipinski definition) is 2. The standard InChI is InChI=1S/C34H28F3N5O2/c1-21-10-11-22(2)42(21)31-9-5-8-30(39-31)40-33(44)41-19-18-24-20-26(16-17-29(24)41)38-32(43)28-7-4-3-6-27(28)23-12-14-25(15-13-23)34(35,36)37/h3-17,20H,18-19H2,1-2H3,(H,38,43)(H,39,40,44). The van der Waals surface area contributed by atoms with E-state index in [0.717, 1.165) is 34.8 Å². The Labute approximate surface area is 252 Å². The summed E-state index contributed by atoms with van der Waals surface area (Å²) in [5.41, 5.74) is 4.85. The molecule has 0 fully saturated rings. The van der Waals surface area contributed by atoms with Gasteiger partial charge in [-0.15, -0.1) is 0 Å². The summed E-state index contributed by atoms with van der Waals surface area (Å²) in [5.74, 6) is 0.751. The largest absolute Gasteiger partial charge is 0.416 e. The number of hydrogen-bond acceptors (Lipinski definition) is 3. The lowest BCUT2D eigenvalue weighted by Crippen LogP contribution is -2.33. The number of carbonyl (C=O) groups excluding carboxylic acids is 2. The molecule has 1 aliphatic rings. The van der Waals surface area contributed by atoms with E-state index in [9.17, 15) is 22.8 Å². The Morgan fingerprint density at radius 2 is 1.55 bits per heavy atom. The lowest BCUT2D eigenvalue weighted by atomic mass is 9.98. The van der Waals surface area contributed by atoms with E-state index >= 15 is 0 Å². The van der Waals surface area contributed by atoms with Crippen LogP contribution in [0.3, 0.4) is 0 Å². The highest BCUT2D eigenvalue weighted by Crippen LogP contribution is 2.34. The van der Waals surface area contributed by atoms with Gasteiger partial charge in [-0.05, 0) is 97.6 Å². The maximum Gasteiger partial charge on any atom is 0.416 e. The van der Waals surface area contributed by atoms with Crippen LogP contribution < -0.4 is 15.5 Å². The first-order valence-electron chi connectivity index (χ1n) is 14.0. The van der Waals surface area contributed by atoms with E-state index in [4.69, 9.17) is 0 Å². The van der Waals surface area contributed by atoms with Crippen molar-refractivity contribution in [1.82, 2.24) is 9.55 Å². The average Bonchev–Trinajstić information content (AvgIpc) is 3.58. The molecule has 0 radical (unpaired) electrons. The van der Waals surface area contributed by atoms with Crippen molar-refractivity contribution in [3.8, 4) is 16.9 Å². The van der Waals surface area contributed by atoms with Gasteiger partial charge in [0, 0.05) is 34.9 Å². The van der Waals surface area contributed by atoms with Crippen molar-refractivity contribution in [2.45, 2.75) is 26.4 Å². The molecule has 10 heteroatoms. The smallest absolute Gasteiger partial charge is 0.322 e. The molecule has 2 N–H and O–H groups in total. The van der Waals surface area contributed by atoms with Crippen LogP contribution in [0.4, 0.5) is 35.2 Å². The molecule has 5 aromatic rings. The van der Waals surface area contributed by atoms with Gasteiger partial charge < -0.3 is 9.88 Å². The number of urea groups is 1. The molecule has 3 heterocycles. The van der Waals surface area contributed by atoms with Crippen LogP contribution in [0.2, 0.25) is 0 Å². The van der Waals surface area contributed by atoms with Crippen LogP contribution >= 0.6 is 0 Å². The minimum Gasteiger partial charge on any atom is -0.322 e. The highest BCUT2D eigenvalue weighted by Gasteiger charge is 2.30. The monoisotopic (exact) mass is 595 g/mol. The fourth-order valence-corrected chi connectivity index (χ4v) is 5.48. The van der Waals surface area contributed by atoms with Crippen LogP contribution in [0.25, 0.3) is 16.9 Å². The molecule has 0 aliphatic carbocycles. The normalized spacial score (nSPS) is 12.6. The van der Waals surface area contributed by atoms with E-state index in [1.807, 2.05) is 48.7 Å². The zero-order valence-electron chi connectivity index (χ0n) is 23.9. The molecule has 6 rings (SSSR count). The van der Waals surface area contributed by atoms with Crippen molar-refractivity contribution in [3.05, 3.63) is 125 Å². The van der Waals surface area contributed by atoms with E-state index in [1.165, 1.54) is 12.1 Å². The summed E-state index contributed by atoms with van der Waals surface area (Å²) in [5, 5.41) is 5.79. The lowest BCUT2D eigenvalue weighted by Gasteiger charge is -2.19. The molecule has 44 heavy (non-hydrogen) atoms. The summed E-state index contributed by atoms with van der Waals surface area (Å²) in [6.07, 6.45) is -3.84. The molecule has 3 amide bonds. The van der Waals surface area contributed by atoms with Crippen LogP contribution in [0.1, 0.15) is 32.9 Å². The first-order chi connectivity index (χ1) is 21.1. The van der Waals surface area contributed by atoms with Crippen molar-refractivity contribution in [1.29, 1.82) is 0 Å². The maximum atomic E-state index is 13.3. The van der Waals surface area contributed by atoms with Gasteiger partial charge in [-0.3, -0.25) is 15.0 Å². The molecule has 0 bridgehead atoms. The first kappa shape index (κ1) is 28.7. The number of alkyl halides is 3. The van der Waals surface area contributed by atoms with Gasteiger partial charge in [0.2, 0.25) is 0 Å². The van der Waals surface area contributed by atoms with Crippen LogP contribution in [0.15, 0.2) is 97.1 Å². The van der Waals surface area contributed by atoms with Gasteiger partial charge in [0.25, 0.3) is 5.91 Å². The Morgan fingerprint density at radius 1 is 0.818 bits per heavy atom. The van der Waals surface area contributed by atoms with Gasteiger partial charge in [0.1, 0.15) is 11.6 Å². The fourth-order valence-electron chi connectivity index (χ4n) is 5.48. The van der Waals surface area contributed by atoms with Crippen molar-refractivity contribution < 1.29 is 22.8 Å². The third kappa shape index (κ3) is 5.66. The Balaban J connectivity index is 1.16. The van der Waals surface area contributed by atoms with Crippen LogP contribution in [-0.4, -0.2) is 28.0 Å². The van der Waals surface area contributed by atoms with Gasteiger partial charge in [-0.25, -0.2) is 9.78 Å². The number of amides is 3. The number of rotatable bonds is 5. The second-order valence-electron chi connectivity index (χ2n) is 10.6. The lowest BCUT2D eigenvalue weighted by molar-refractivity contribution is -0.137. The minimum absolute atomic E-state index is 0.309. The summed E-state index contributed by atoms with van der Waals surface area (Å²) in [6.45, 7) is 4.45. The van der Waals surface area contributed by atoms with Gasteiger partial charge in [0.15, 0.2) is 0 Å². The van der Waals surface area contributed by atoms with E-state index in [-0.39, 0.29) is 6.03 Å². The quantitative estimate of drug-likeness (QED) is 0.216. The third-order valence-electron chi connectivity index (χ3n) is 7.64. The molecular formula is C34H28F3N5O2. The summed E-state index contributed by atoms with van der Waals surface area (Å²) in [4.78, 5) is 32.8. The summed E-state index contributed by atoms with van der Waals surface area (Å²) in [6, 6.07) is 26.0. The Bertz CT molecular complexity index is 1860. The predicted octanol–water partition coefficient (Wildman–Crippen LogP) is 8.02. The number of fused-ring (bicyclic) bond motifs is 1. The molecule has 222 valence electrons. The molecular weight excluding hydrogens is 567 g/mol.